The van der Waals surface area contributed by atoms with Crippen molar-refractivity contribution in [2.24, 2.45) is 0 Å². The van der Waals surface area contributed by atoms with Crippen molar-refractivity contribution in [1.29, 1.82) is 0 Å². The third-order valence-electron chi connectivity index (χ3n) is 3.86. The molecule has 4 heterocycles. The number of pyridine rings is 2. The summed E-state index contributed by atoms with van der Waals surface area (Å²) in [7, 11) is 0. The average Bonchev–Trinajstić information content (AvgIpc) is 2.70. The van der Waals surface area contributed by atoms with Gasteiger partial charge in [0.15, 0.2) is 17.5 Å². The van der Waals surface area contributed by atoms with Crippen molar-refractivity contribution in [2.75, 3.05) is 13.1 Å². The van der Waals surface area contributed by atoms with Gasteiger partial charge in [0.25, 0.3) is 0 Å². The molecule has 3 aromatic heterocycles. The van der Waals surface area contributed by atoms with Crippen LogP contribution in [0, 0.1) is 0 Å². The van der Waals surface area contributed by atoms with E-state index >= 15 is 0 Å². The van der Waals surface area contributed by atoms with Gasteiger partial charge in [0.2, 0.25) is 0 Å². The van der Waals surface area contributed by atoms with Gasteiger partial charge in [-0.3, -0.25) is 9.97 Å². The second-order valence-corrected chi connectivity index (χ2v) is 5.46. The minimum atomic E-state index is 0.661. The summed E-state index contributed by atoms with van der Waals surface area (Å²) in [6, 6.07) is 7.64. The molecule has 0 unspecified atom stereocenters. The van der Waals surface area contributed by atoms with Crippen molar-refractivity contribution in [3.8, 4) is 22.8 Å². The molecule has 3 aromatic rings. The minimum Gasteiger partial charge on any atom is -0.313 e. The predicted molar refractivity (Wildman–Crippen MR) is 91.8 cm³/mol. The Balaban J connectivity index is 1.86. The molecular formula is C18H16N6. The molecule has 0 atom stereocenters. The van der Waals surface area contributed by atoms with Crippen LogP contribution < -0.4 is 5.32 Å². The lowest BCUT2D eigenvalue weighted by Gasteiger charge is -2.14. The van der Waals surface area contributed by atoms with Gasteiger partial charge in [0.1, 0.15) is 0 Å². The van der Waals surface area contributed by atoms with E-state index in [-0.39, 0.29) is 0 Å². The summed E-state index contributed by atoms with van der Waals surface area (Å²) in [6.45, 7) is 1.78. The first-order valence-corrected chi connectivity index (χ1v) is 7.87. The predicted octanol–water partition coefficient (Wildman–Crippen LogP) is 2.37. The van der Waals surface area contributed by atoms with Crippen LogP contribution in [0.15, 0.2) is 55.1 Å². The van der Waals surface area contributed by atoms with Crippen LogP contribution in [-0.2, 0) is 0 Å². The van der Waals surface area contributed by atoms with Crippen molar-refractivity contribution in [3.05, 3.63) is 61.0 Å². The van der Waals surface area contributed by atoms with Gasteiger partial charge in [-0.15, -0.1) is 0 Å². The van der Waals surface area contributed by atoms with Crippen LogP contribution in [0.25, 0.3) is 28.3 Å². The standard InChI is InChI=1S/C18H16N6/c1-7-19-8-2-13(1)16-22-17(14-3-9-20-10-4-14)24-18(23-16)15-5-11-21-12-6-15/h1-5,7-10,21H,6,11-12H2. The maximum absolute atomic E-state index is 4.69. The van der Waals surface area contributed by atoms with Crippen LogP contribution >= 0.6 is 0 Å². The van der Waals surface area contributed by atoms with Crippen LogP contribution in [0.2, 0.25) is 0 Å². The molecular weight excluding hydrogens is 300 g/mol. The molecule has 1 aliphatic heterocycles. The third-order valence-corrected chi connectivity index (χ3v) is 3.86. The molecule has 6 nitrogen and oxygen atoms in total. The summed E-state index contributed by atoms with van der Waals surface area (Å²) in [5.41, 5.74) is 3.01. The van der Waals surface area contributed by atoms with Gasteiger partial charge in [-0.1, -0.05) is 6.08 Å². The van der Waals surface area contributed by atoms with Gasteiger partial charge in [0.05, 0.1) is 0 Å². The Labute approximate surface area is 139 Å². The monoisotopic (exact) mass is 316 g/mol. The van der Waals surface area contributed by atoms with Crippen molar-refractivity contribution >= 4 is 5.57 Å². The van der Waals surface area contributed by atoms with E-state index in [1.54, 1.807) is 24.8 Å². The molecule has 0 aromatic carbocycles. The zero-order valence-corrected chi connectivity index (χ0v) is 13.1. The maximum Gasteiger partial charge on any atom is 0.164 e. The van der Waals surface area contributed by atoms with Crippen molar-refractivity contribution in [3.63, 3.8) is 0 Å². The summed E-state index contributed by atoms with van der Waals surface area (Å²) >= 11 is 0. The van der Waals surface area contributed by atoms with E-state index in [9.17, 15) is 0 Å². The van der Waals surface area contributed by atoms with E-state index < -0.39 is 0 Å². The Morgan fingerprint density at radius 3 is 1.75 bits per heavy atom. The lowest BCUT2D eigenvalue weighted by Crippen LogP contribution is -2.21. The Hall–Kier alpha value is -2.99. The van der Waals surface area contributed by atoms with Crippen LogP contribution in [0.4, 0.5) is 0 Å². The molecule has 0 spiro atoms. The molecule has 0 saturated carbocycles. The molecule has 0 saturated heterocycles. The summed E-state index contributed by atoms with van der Waals surface area (Å²) in [4.78, 5) is 22.2. The lowest BCUT2D eigenvalue weighted by molar-refractivity contribution is 0.733. The van der Waals surface area contributed by atoms with Crippen molar-refractivity contribution < 1.29 is 0 Å². The van der Waals surface area contributed by atoms with Crippen LogP contribution in [0.1, 0.15) is 12.2 Å². The van der Waals surface area contributed by atoms with Gasteiger partial charge in [-0.2, -0.15) is 0 Å². The number of rotatable bonds is 3. The van der Waals surface area contributed by atoms with Gasteiger partial charge >= 0.3 is 0 Å². The first-order chi connectivity index (χ1) is 11.9. The number of nitrogens with zero attached hydrogens (tertiary/aromatic N) is 5. The summed E-state index contributed by atoms with van der Waals surface area (Å²) < 4.78 is 0. The molecule has 0 radical (unpaired) electrons. The average molecular weight is 316 g/mol. The second kappa shape index (κ2) is 6.64. The van der Waals surface area contributed by atoms with E-state index in [0.29, 0.717) is 11.6 Å². The number of hydrogen-bond acceptors (Lipinski definition) is 6. The fraction of sp³-hybridized carbons (Fsp3) is 0.167. The van der Waals surface area contributed by atoms with Gasteiger partial charge in [0, 0.05) is 42.5 Å². The van der Waals surface area contributed by atoms with Gasteiger partial charge < -0.3 is 5.32 Å². The molecule has 1 N–H and O–H groups in total. The van der Waals surface area contributed by atoms with Gasteiger partial charge in [-0.25, -0.2) is 15.0 Å². The number of nitrogens with one attached hydrogen (secondary N) is 1. The quantitative estimate of drug-likeness (QED) is 0.799. The SMILES string of the molecule is C1=C(c2nc(-c3ccncc3)nc(-c3ccncc3)n2)CCNC1. The van der Waals surface area contributed by atoms with Crippen LogP contribution in [0.3, 0.4) is 0 Å². The first-order valence-electron chi connectivity index (χ1n) is 7.87. The number of aromatic nitrogens is 5. The summed E-state index contributed by atoms with van der Waals surface area (Å²) in [5, 5.41) is 3.31. The second-order valence-electron chi connectivity index (χ2n) is 5.46. The Morgan fingerprint density at radius 2 is 1.25 bits per heavy atom. The molecule has 0 fully saturated rings. The van der Waals surface area contributed by atoms with E-state index in [4.69, 9.17) is 9.97 Å². The highest BCUT2D eigenvalue weighted by Gasteiger charge is 2.14. The third kappa shape index (κ3) is 3.04. The molecule has 118 valence electrons. The molecule has 6 heteroatoms. The van der Waals surface area contributed by atoms with Gasteiger partial charge in [-0.05, 0) is 42.8 Å². The summed E-state index contributed by atoms with van der Waals surface area (Å²) in [5.74, 6) is 2.06. The smallest absolute Gasteiger partial charge is 0.164 e. The highest BCUT2D eigenvalue weighted by Crippen LogP contribution is 2.23. The molecule has 0 aliphatic carbocycles. The lowest BCUT2D eigenvalue weighted by atomic mass is 10.1. The fourth-order valence-electron chi connectivity index (χ4n) is 2.61. The number of hydrogen-bond donors (Lipinski definition) is 1. The summed E-state index contributed by atoms with van der Waals surface area (Å²) in [6.07, 6.45) is 10.0. The highest BCUT2D eigenvalue weighted by molar-refractivity contribution is 5.67. The Kier molecular flexibility index (Phi) is 4.04. The molecule has 0 amide bonds. The normalized spacial score (nSPS) is 14.2. The highest BCUT2D eigenvalue weighted by atomic mass is 15.0. The first kappa shape index (κ1) is 14.6. The van der Waals surface area contributed by atoms with Crippen LogP contribution in [0.5, 0.6) is 0 Å². The van der Waals surface area contributed by atoms with E-state index in [1.807, 2.05) is 24.3 Å². The molecule has 0 bridgehead atoms. The van der Waals surface area contributed by atoms with Crippen molar-refractivity contribution in [2.45, 2.75) is 6.42 Å². The van der Waals surface area contributed by atoms with E-state index in [1.165, 1.54) is 0 Å². The van der Waals surface area contributed by atoms with Crippen LogP contribution in [-0.4, -0.2) is 38.0 Å². The zero-order valence-electron chi connectivity index (χ0n) is 13.1. The maximum atomic E-state index is 4.69. The Bertz CT molecular complexity index is 803. The van der Waals surface area contributed by atoms with Crippen molar-refractivity contribution in [1.82, 2.24) is 30.2 Å². The van der Waals surface area contributed by atoms with E-state index in [0.717, 1.165) is 42.0 Å². The topological polar surface area (TPSA) is 76.5 Å². The largest absolute Gasteiger partial charge is 0.313 e. The molecule has 1 aliphatic rings. The zero-order chi connectivity index (χ0) is 16.2. The minimum absolute atomic E-state index is 0.661. The molecule has 24 heavy (non-hydrogen) atoms. The Morgan fingerprint density at radius 1 is 0.708 bits per heavy atom. The van der Waals surface area contributed by atoms with E-state index in [2.05, 4.69) is 26.3 Å². The molecule has 4 rings (SSSR count). The fourth-order valence-corrected chi connectivity index (χ4v) is 2.61.